The smallest absolute Gasteiger partial charge is 0.270 e. The average Bonchev–Trinajstić information content (AvgIpc) is 3.21. The van der Waals surface area contributed by atoms with Crippen LogP contribution in [0.5, 0.6) is 0 Å². The number of hydrogen-bond donors (Lipinski definition) is 1. The van der Waals surface area contributed by atoms with Crippen LogP contribution in [-0.4, -0.2) is 20.1 Å². The normalized spacial score (nSPS) is 10.5. The molecular formula is C19H12N6O2S. The third-order valence-electron chi connectivity index (χ3n) is 4.03. The van der Waals surface area contributed by atoms with Gasteiger partial charge >= 0.3 is 0 Å². The molecule has 2 heterocycles. The van der Waals surface area contributed by atoms with Gasteiger partial charge in [0.25, 0.3) is 5.69 Å². The van der Waals surface area contributed by atoms with E-state index < -0.39 is 4.92 Å². The lowest BCUT2D eigenvalue weighted by atomic mass is 10.1. The van der Waals surface area contributed by atoms with Gasteiger partial charge < -0.3 is 5.32 Å². The zero-order chi connectivity index (χ0) is 19.5. The molecule has 28 heavy (non-hydrogen) atoms. The Labute approximate surface area is 163 Å². The van der Waals surface area contributed by atoms with E-state index in [9.17, 15) is 15.4 Å². The zero-order valence-corrected chi connectivity index (χ0v) is 15.2. The molecule has 0 amide bonds. The van der Waals surface area contributed by atoms with E-state index in [0.717, 1.165) is 15.6 Å². The summed E-state index contributed by atoms with van der Waals surface area (Å²) in [4.78, 5) is 14.9. The van der Waals surface area contributed by atoms with Gasteiger partial charge in [0.15, 0.2) is 0 Å². The minimum absolute atomic E-state index is 0.0752. The lowest BCUT2D eigenvalue weighted by Crippen LogP contribution is -2.02. The molecule has 8 nitrogen and oxygen atoms in total. The molecule has 0 unspecified atom stereocenters. The monoisotopic (exact) mass is 388 g/mol. The SMILES string of the molecule is N#Cc1cc(NCc2nnc(-c3ccccc3)s2)nc2ccc([N+](=O)[O-])cc12. The Morgan fingerprint density at radius 2 is 1.96 bits per heavy atom. The van der Waals surface area contributed by atoms with Crippen LogP contribution >= 0.6 is 11.3 Å². The van der Waals surface area contributed by atoms with Crippen molar-refractivity contribution >= 4 is 33.7 Å². The summed E-state index contributed by atoms with van der Waals surface area (Å²) in [6.45, 7) is 0.404. The first-order valence-corrected chi connectivity index (χ1v) is 9.06. The molecule has 1 N–H and O–H groups in total. The minimum atomic E-state index is -0.494. The number of fused-ring (bicyclic) bond motifs is 1. The van der Waals surface area contributed by atoms with Gasteiger partial charge in [-0.25, -0.2) is 4.98 Å². The summed E-state index contributed by atoms with van der Waals surface area (Å²) in [6.07, 6.45) is 0. The van der Waals surface area contributed by atoms with E-state index in [4.69, 9.17) is 0 Å². The van der Waals surface area contributed by atoms with Gasteiger partial charge in [0.1, 0.15) is 15.8 Å². The minimum Gasteiger partial charge on any atom is -0.363 e. The summed E-state index contributed by atoms with van der Waals surface area (Å²) in [5.74, 6) is 0.495. The summed E-state index contributed by atoms with van der Waals surface area (Å²) >= 11 is 1.47. The molecular weight excluding hydrogens is 376 g/mol. The number of pyridine rings is 1. The van der Waals surface area contributed by atoms with Gasteiger partial charge in [-0.3, -0.25) is 10.1 Å². The molecule has 0 fully saturated rings. The lowest BCUT2D eigenvalue weighted by molar-refractivity contribution is -0.384. The molecule has 0 aliphatic carbocycles. The molecule has 4 aromatic rings. The molecule has 2 aromatic carbocycles. The fourth-order valence-corrected chi connectivity index (χ4v) is 3.48. The number of nitro benzene ring substituents is 1. The van der Waals surface area contributed by atoms with Crippen LogP contribution in [0.25, 0.3) is 21.5 Å². The molecule has 0 spiro atoms. The van der Waals surface area contributed by atoms with Crippen molar-refractivity contribution in [2.45, 2.75) is 6.54 Å². The van der Waals surface area contributed by atoms with Gasteiger partial charge in [-0.05, 0) is 12.1 Å². The summed E-state index contributed by atoms with van der Waals surface area (Å²) in [6, 6.07) is 17.7. The molecule has 0 aliphatic rings. The molecule has 0 atom stereocenters. The van der Waals surface area contributed by atoms with Crippen molar-refractivity contribution in [1.82, 2.24) is 15.2 Å². The topological polar surface area (TPSA) is 118 Å². The second-order valence-electron chi connectivity index (χ2n) is 5.85. The van der Waals surface area contributed by atoms with Crippen LogP contribution in [0.1, 0.15) is 10.6 Å². The molecule has 4 rings (SSSR count). The average molecular weight is 388 g/mol. The van der Waals surface area contributed by atoms with Crippen molar-refractivity contribution < 1.29 is 4.92 Å². The summed E-state index contributed by atoms with van der Waals surface area (Å²) in [7, 11) is 0. The predicted molar refractivity (Wildman–Crippen MR) is 106 cm³/mol. The maximum Gasteiger partial charge on any atom is 0.270 e. The molecule has 2 aromatic heterocycles. The van der Waals surface area contributed by atoms with Crippen molar-refractivity contribution in [3.63, 3.8) is 0 Å². The summed E-state index contributed by atoms with van der Waals surface area (Å²) < 4.78 is 0. The van der Waals surface area contributed by atoms with Gasteiger partial charge in [0, 0.05) is 23.1 Å². The Morgan fingerprint density at radius 3 is 2.71 bits per heavy atom. The lowest BCUT2D eigenvalue weighted by Gasteiger charge is -2.06. The Hall–Kier alpha value is -3.90. The highest BCUT2D eigenvalue weighted by Crippen LogP contribution is 2.26. The molecule has 0 saturated heterocycles. The fourth-order valence-electron chi connectivity index (χ4n) is 2.70. The molecule has 136 valence electrons. The zero-order valence-electron chi connectivity index (χ0n) is 14.4. The summed E-state index contributed by atoms with van der Waals surface area (Å²) in [5, 5.41) is 33.9. The van der Waals surface area contributed by atoms with E-state index in [1.54, 1.807) is 6.07 Å². The molecule has 0 bridgehead atoms. The van der Waals surface area contributed by atoms with Crippen molar-refractivity contribution in [3.05, 3.63) is 75.3 Å². The number of nitrogens with one attached hydrogen (secondary N) is 1. The number of aromatic nitrogens is 3. The first-order chi connectivity index (χ1) is 13.6. The van der Waals surface area contributed by atoms with Crippen LogP contribution in [0.4, 0.5) is 11.5 Å². The van der Waals surface area contributed by atoms with E-state index in [-0.39, 0.29) is 5.69 Å². The Balaban J connectivity index is 1.57. The second-order valence-corrected chi connectivity index (χ2v) is 6.91. The number of nitro groups is 1. The predicted octanol–water partition coefficient (Wildman–Crippen LogP) is 4.15. The number of non-ortho nitro benzene ring substituents is 1. The number of anilines is 1. The Bertz CT molecular complexity index is 1220. The fraction of sp³-hybridized carbons (Fsp3) is 0.0526. The first kappa shape index (κ1) is 17.5. The number of hydrogen-bond acceptors (Lipinski definition) is 8. The molecule has 0 aliphatic heterocycles. The second kappa shape index (κ2) is 7.38. The van der Waals surface area contributed by atoms with Gasteiger partial charge in [0.2, 0.25) is 0 Å². The van der Waals surface area contributed by atoms with Crippen molar-refractivity contribution in [2.75, 3.05) is 5.32 Å². The largest absolute Gasteiger partial charge is 0.363 e. The van der Waals surface area contributed by atoms with E-state index in [1.165, 1.54) is 29.5 Å². The van der Waals surface area contributed by atoms with Crippen molar-refractivity contribution in [2.24, 2.45) is 0 Å². The van der Waals surface area contributed by atoms with Crippen LogP contribution < -0.4 is 5.32 Å². The maximum atomic E-state index is 11.0. The third kappa shape index (κ3) is 3.49. The molecule has 0 radical (unpaired) electrons. The van der Waals surface area contributed by atoms with Gasteiger partial charge in [-0.1, -0.05) is 41.7 Å². The van der Waals surface area contributed by atoms with E-state index >= 15 is 0 Å². The first-order valence-electron chi connectivity index (χ1n) is 8.25. The van der Waals surface area contributed by atoms with Crippen LogP contribution in [0.2, 0.25) is 0 Å². The Morgan fingerprint density at radius 1 is 1.14 bits per heavy atom. The van der Waals surface area contributed by atoms with Crippen LogP contribution in [0, 0.1) is 21.4 Å². The van der Waals surface area contributed by atoms with E-state index in [2.05, 4.69) is 26.6 Å². The number of nitrogens with zero attached hydrogens (tertiary/aromatic N) is 5. The van der Waals surface area contributed by atoms with E-state index in [0.29, 0.717) is 28.8 Å². The highest BCUT2D eigenvalue weighted by atomic mass is 32.1. The number of benzene rings is 2. The van der Waals surface area contributed by atoms with Crippen molar-refractivity contribution in [1.29, 1.82) is 5.26 Å². The molecule has 9 heteroatoms. The standard InChI is InChI=1S/C19H12N6O2S/c20-10-13-8-17(22-16-7-6-14(25(26)27)9-15(13)16)21-11-18-23-24-19(28-18)12-4-2-1-3-5-12/h1-9H,11H2,(H,21,22). The van der Waals surface area contributed by atoms with Gasteiger partial charge in [-0.15, -0.1) is 10.2 Å². The summed E-state index contributed by atoms with van der Waals surface area (Å²) in [5.41, 5.74) is 1.75. The van der Waals surface area contributed by atoms with Gasteiger partial charge in [0.05, 0.1) is 28.6 Å². The van der Waals surface area contributed by atoms with Crippen LogP contribution in [0.3, 0.4) is 0 Å². The maximum absolute atomic E-state index is 11.0. The Kier molecular flexibility index (Phi) is 4.62. The van der Waals surface area contributed by atoms with Crippen molar-refractivity contribution in [3.8, 4) is 16.6 Å². The van der Waals surface area contributed by atoms with Gasteiger partial charge in [-0.2, -0.15) is 5.26 Å². The van der Waals surface area contributed by atoms with Crippen LogP contribution in [-0.2, 0) is 6.54 Å². The van der Waals surface area contributed by atoms with Crippen LogP contribution in [0.15, 0.2) is 54.6 Å². The molecule has 0 saturated carbocycles. The highest BCUT2D eigenvalue weighted by molar-refractivity contribution is 7.14. The third-order valence-corrected chi connectivity index (χ3v) is 5.00. The highest BCUT2D eigenvalue weighted by Gasteiger charge is 2.12. The number of nitriles is 1. The van der Waals surface area contributed by atoms with E-state index in [1.807, 2.05) is 30.3 Å². The quantitative estimate of drug-likeness (QED) is 0.403. The number of rotatable bonds is 5.